The van der Waals surface area contributed by atoms with Crippen molar-refractivity contribution in [3.05, 3.63) is 18.1 Å². The van der Waals surface area contributed by atoms with Gasteiger partial charge in [0.25, 0.3) is 5.91 Å². The molecule has 0 aromatic carbocycles. The van der Waals surface area contributed by atoms with Gasteiger partial charge < -0.3 is 11.1 Å². The summed E-state index contributed by atoms with van der Waals surface area (Å²) in [6.45, 7) is 2.28. The minimum atomic E-state index is -0.485. The molecule has 3 aliphatic rings. The monoisotopic (exact) mass is 218 g/mol. The quantitative estimate of drug-likeness (QED) is 0.790. The number of nitrogens with one attached hydrogen (secondary N) is 1. The van der Waals surface area contributed by atoms with Gasteiger partial charge in [0.1, 0.15) is 12.1 Å². The van der Waals surface area contributed by atoms with Crippen LogP contribution in [0, 0.1) is 5.41 Å². The van der Waals surface area contributed by atoms with Crippen LogP contribution in [-0.4, -0.2) is 21.4 Å². The summed E-state index contributed by atoms with van der Waals surface area (Å²) in [6, 6.07) is 0. The predicted molar refractivity (Wildman–Crippen MR) is 58.9 cm³/mol. The first-order chi connectivity index (χ1) is 7.52. The molecule has 3 aliphatic carbocycles. The standard InChI is InChI=1S/C11H14N4O/c1-10-3-11(4-10,5-10)15-9-7(8(12)16)2-13-6-14-9/h2,6H,3-5H2,1H3,(H2,12,16)(H,13,14,15). The number of aromatic nitrogens is 2. The fourth-order valence-corrected chi connectivity index (χ4v) is 3.29. The fraction of sp³-hybridized carbons (Fsp3) is 0.545. The molecule has 0 saturated heterocycles. The fourth-order valence-electron chi connectivity index (χ4n) is 3.29. The van der Waals surface area contributed by atoms with Gasteiger partial charge in [-0.3, -0.25) is 4.79 Å². The molecule has 84 valence electrons. The summed E-state index contributed by atoms with van der Waals surface area (Å²) in [7, 11) is 0. The van der Waals surface area contributed by atoms with Crippen molar-refractivity contribution in [1.29, 1.82) is 0 Å². The van der Waals surface area contributed by atoms with Gasteiger partial charge >= 0.3 is 0 Å². The number of nitrogens with zero attached hydrogens (tertiary/aromatic N) is 2. The first-order valence-corrected chi connectivity index (χ1v) is 5.40. The predicted octanol–water partition coefficient (Wildman–Crippen LogP) is 0.930. The average molecular weight is 218 g/mol. The Hall–Kier alpha value is -1.65. The van der Waals surface area contributed by atoms with Crippen molar-refractivity contribution < 1.29 is 4.79 Å². The molecule has 0 unspecified atom stereocenters. The molecule has 16 heavy (non-hydrogen) atoms. The Morgan fingerprint density at radius 1 is 1.50 bits per heavy atom. The summed E-state index contributed by atoms with van der Waals surface area (Å²) in [5.41, 5.74) is 6.33. The summed E-state index contributed by atoms with van der Waals surface area (Å²) in [4.78, 5) is 19.1. The van der Waals surface area contributed by atoms with Gasteiger partial charge in [-0.15, -0.1) is 0 Å². The van der Waals surface area contributed by atoms with E-state index in [0.29, 0.717) is 16.8 Å². The van der Waals surface area contributed by atoms with E-state index >= 15 is 0 Å². The van der Waals surface area contributed by atoms with Crippen LogP contribution >= 0.6 is 0 Å². The second-order valence-corrected chi connectivity index (χ2v) is 5.40. The molecule has 0 radical (unpaired) electrons. The normalized spacial score (nSPS) is 34.8. The third-order valence-corrected chi connectivity index (χ3v) is 3.66. The number of amides is 1. The van der Waals surface area contributed by atoms with E-state index in [-0.39, 0.29) is 5.54 Å². The largest absolute Gasteiger partial charge is 0.365 e. The van der Waals surface area contributed by atoms with E-state index < -0.39 is 5.91 Å². The number of hydrogen-bond donors (Lipinski definition) is 2. The number of hydrogen-bond acceptors (Lipinski definition) is 4. The second-order valence-electron chi connectivity index (χ2n) is 5.40. The van der Waals surface area contributed by atoms with Gasteiger partial charge in [0, 0.05) is 11.7 Å². The van der Waals surface area contributed by atoms with Crippen LogP contribution < -0.4 is 11.1 Å². The SMILES string of the molecule is CC12CC(Nc3ncncc3C(N)=O)(C1)C2. The highest BCUT2D eigenvalue weighted by Gasteiger charge is 2.65. The summed E-state index contributed by atoms with van der Waals surface area (Å²) < 4.78 is 0. The van der Waals surface area contributed by atoms with Crippen LogP contribution in [0.5, 0.6) is 0 Å². The zero-order valence-electron chi connectivity index (χ0n) is 9.16. The highest BCUT2D eigenvalue weighted by atomic mass is 16.1. The molecule has 3 saturated carbocycles. The Labute approximate surface area is 93.5 Å². The number of nitrogens with two attached hydrogens (primary N) is 1. The van der Waals surface area contributed by atoms with Crippen molar-refractivity contribution in [2.45, 2.75) is 31.7 Å². The van der Waals surface area contributed by atoms with E-state index in [0.717, 1.165) is 19.3 Å². The molecule has 1 amide bonds. The Morgan fingerprint density at radius 3 is 2.75 bits per heavy atom. The van der Waals surface area contributed by atoms with Crippen molar-refractivity contribution in [2.24, 2.45) is 11.1 Å². The maximum atomic E-state index is 11.2. The lowest BCUT2D eigenvalue weighted by molar-refractivity contribution is -0.1000. The molecule has 0 spiro atoms. The third kappa shape index (κ3) is 1.20. The van der Waals surface area contributed by atoms with Crippen molar-refractivity contribution >= 4 is 11.7 Å². The van der Waals surface area contributed by atoms with Crippen LogP contribution in [0.25, 0.3) is 0 Å². The van der Waals surface area contributed by atoms with Crippen molar-refractivity contribution in [3.8, 4) is 0 Å². The summed E-state index contributed by atoms with van der Waals surface area (Å²) >= 11 is 0. The Kier molecular flexibility index (Phi) is 1.63. The highest BCUT2D eigenvalue weighted by Crippen LogP contribution is 2.67. The van der Waals surface area contributed by atoms with E-state index in [1.165, 1.54) is 12.5 Å². The molecule has 2 bridgehead atoms. The zero-order valence-corrected chi connectivity index (χ0v) is 9.16. The second kappa shape index (κ2) is 2.72. The number of anilines is 1. The topological polar surface area (TPSA) is 80.9 Å². The van der Waals surface area contributed by atoms with Gasteiger partial charge in [-0.25, -0.2) is 9.97 Å². The molecule has 1 heterocycles. The van der Waals surface area contributed by atoms with Crippen LogP contribution in [0.2, 0.25) is 0 Å². The van der Waals surface area contributed by atoms with Crippen molar-refractivity contribution in [2.75, 3.05) is 5.32 Å². The zero-order chi connectivity index (χ0) is 11.4. The Bertz CT molecular complexity index is 451. The molecular formula is C11H14N4O. The number of carbonyl (C=O) groups is 1. The molecule has 5 nitrogen and oxygen atoms in total. The van der Waals surface area contributed by atoms with E-state index in [1.54, 1.807) is 0 Å². The molecule has 0 atom stereocenters. The lowest BCUT2D eigenvalue weighted by Crippen LogP contribution is -2.69. The van der Waals surface area contributed by atoms with Gasteiger partial charge in [0.05, 0.1) is 5.56 Å². The molecule has 4 rings (SSSR count). The number of carbonyl (C=O) groups excluding carboxylic acids is 1. The maximum Gasteiger partial charge on any atom is 0.254 e. The van der Waals surface area contributed by atoms with Gasteiger partial charge in [0.15, 0.2) is 0 Å². The lowest BCUT2D eigenvalue weighted by atomic mass is 9.40. The van der Waals surface area contributed by atoms with Crippen LogP contribution in [-0.2, 0) is 0 Å². The minimum absolute atomic E-state index is 0.160. The molecule has 3 N–H and O–H groups in total. The van der Waals surface area contributed by atoms with Crippen LogP contribution in [0.3, 0.4) is 0 Å². The first kappa shape index (κ1) is 9.57. The summed E-state index contributed by atoms with van der Waals surface area (Å²) in [5.74, 6) is 0.0881. The van der Waals surface area contributed by atoms with Gasteiger partial charge in [-0.05, 0) is 24.7 Å². The van der Waals surface area contributed by atoms with Gasteiger partial charge in [0.2, 0.25) is 0 Å². The minimum Gasteiger partial charge on any atom is -0.365 e. The van der Waals surface area contributed by atoms with E-state index in [2.05, 4.69) is 22.2 Å². The molecule has 1 aromatic rings. The van der Waals surface area contributed by atoms with Gasteiger partial charge in [-0.2, -0.15) is 0 Å². The van der Waals surface area contributed by atoms with Crippen LogP contribution in [0.4, 0.5) is 5.82 Å². The lowest BCUT2D eigenvalue weighted by Gasteiger charge is -2.69. The van der Waals surface area contributed by atoms with Crippen molar-refractivity contribution in [3.63, 3.8) is 0 Å². The Balaban J connectivity index is 1.83. The molecule has 1 aromatic heterocycles. The summed E-state index contributed by atoms with van der Waals surface area (Å²) in [6.07, 6.45) is 6.36. The Morgan fingerprint density at radius 2 is 2.19 bits per heavy atom. The average Bonchev–Trinajstić information content (AvgIpc) is 2.14. The third-order valence-electron chi connectivity index (χ3n) is 3.66. The number of rotatable bonds is 3. The molecular weight excluding hydrogens is 204 g/mol. The highest BCUT2D eigenvalue weighted by molar-refractivity contribution is 5.97. The first-order valence-electron chi connectivity index (χ1n) is 5.40. The molecule has 5 heteroatoms. The molecule has 3 fully saturated rings. The van der Waals surface area contributed by atoms with Crippen LogP contribution in [0.1, 0.15) is 36.5 Å². The number of primary amides is 1. The van der Waals surface area contributed by atoms with Gasteiger partial charge in [-0.1, -0.05) is 6.92 Å². The van der Waals surface area contributed by atoms with Crippen LogP contribution in [0.15, 0.2) is 12.5 Å². The van der Waals surface area contributed by atoms with E-state index in [1.807, 2.05) is 0 Å². The van der Waals surface area contributed by atoms with Crippen molar-refractivity contribution in [1.82, 2.24) is 9.97 Å². The summed E-state index contributed by atoms with van der Waals surface area (Å²) in [5, 5.41) is 3.34. The molecule has 0 aliphatic heterocycles. The van der Waals surface area contributed by atoms with E-state index in [4.69, 9.17) is 5.73 Å². The maximum absolute atomic E-state index is 11.2. The van der Waals surface area contributed by atoms with E-state index in [9.17, 15) is 4.79 Å². The smallest absolute Gasteiger partial charge is 0.254 e.